The Morgan fingerprint density at radius 1 is 1.36 bits per heavy atom. The molecule has 2 N–H and O–H groups in total. The molecule has 2 aromatic rings. The molecule has 33 heavy (non-hydrogen) atoms. The number of aliphatic hydroxyl groups is 1. The van der Waals surface area contributed by atoms with Crippen molar-refractivity contribution in [2.45, 2.75) is 68.2 Å². The molecule has 2 atom stereocenters. The molecule has 0 unspecified atom stereocenters. The first-order valence-electron chi connectivity index (χ1n) is 10.8. The van der Waals surface area contributed by atoms with Crippen molar-refractivity contribution in [3.05, 3.63) is 46.7 Å². The zero-order chi connectivity index (χ0) is 23.4. The van der Waals surface area contributed by atoms with Crippen LogP contribution in [0.3, 0.4) is 0 Å². The molecule has 4 aliphatic rings. The molecule has 11 heteroatoms. The average Bonchev–Trinajstić information content (AvgIpc) is 3.15. The van der Waals surface area contributed by atoms with Crippen molar-refractivity contribution < 1.29 is 32.5 Å². The van der Waals surface area contributed by atoms with E-state index in [0.29, 0.717) is 22.8 Å². The smallest absolute Gasteiger partial charge is 0.480 e. The summed E-state index contributed by atoms with van der Waals surface area (Å²) in [5.41, 5.74) is 0.963. The van der Waals surface area contributed by atoms with Crippen LogP contribution in [0, 0.1) is 0 Å². The molecule has 1 amide bonds. The standard InChI is InChI=1S/C22H23ClF3N3O4/c23-14-3-4-17-15(6-14)16(30)7-18(33-17)19(31)28-20-10-21(11-20,12-20)29-9-13(8-27-29)2-1-5-32-22(24,25)26/h3-4,6,8-9,16,18,30H,1-2,5,7,10-12H2,(H,28,31)/t16-,18-,20?,21?/m1/s1. The number of amides is 1. The number of halogens is 4. The molecule has 1 aromatic heterocycles. The van der Waals surface area contributed by atoms with Crippen LogP contribution >= 0.6 is 11.6 Å². The number of aryl methyl sites for hydroxylation is 1. The number of nitrogens with zero attached hydrogens (tertiary/aromatic N) is 2. The van der Waals surface area contributed by atoms with Gasteiger partial charge < -0.3 is 15.2 Å². The summed E-state index contributed by atoms with van der Waals surface area (Å²) in [6, 6.07) is 4.95. The zero-order valence-electron chi connectivity index (χ0n) is 17.6. The van der Waals surface area contributed by atoms with Crippen molar-refractivity contribution in [1.29, 1.82) is 0 Å². The van der Waals surface area contributed by atoms with Crippen LogP contribution in [0.4, 0.5) is 13.2 Å². The minimum atomic E-state index is -4.60. The predicted molar refractivity (Wildman–Crippen MR) is 111 cm³/mol. The number of carbonyl (C=O) groups is 1. The lowest BCUT2D eigenvalue weighted by molar-refractivity contribution is -0.324. The molecule has 3 aliphatic carbocycles. The number of fused-ring (bicyclic) bond motifs is 1. The van der Waals surface area contributed by atoms with Crippen LogP contribution in [-0.2, 0) is 21.5 Å². The lowest BCUT2D eigenvalue weighted by Crippen LogP contribution is -2.79. The third kappa shape index (κ3) is 4.31. The largest absolute Gasteiger partial charge is 0.522 e. The highest BCUT2D eigenvalue weighted by Crippen LogP contribution is 2.65. The Labute approximate surface area is 192 Å². The molecule has 2 bridgehead atoms. The summed E-state index contributed by atoms with van der Waals surface area (Å²) in [4.78, 5) is 12.8. The Bertz CT molecular complexity index is 1050. The quantitative estimate of drug-likeness (QED) is 0.585. The lowest BCUT2D eigenvalue weighted by Gasteiger charge is -2.70. The van der Waals surface area contributed by atoms with Gasteiger partial charge in [-0.05, 0) is 55.9 Å². The number of rotatable bonds is 7. The first kappa shape index (κ1) is 22.5. The van der Waals surface area contributed by atoms with Gasteiger partial charge in [0.2, 0.25) is 0 Å². The first-order chi connectivity index (χ1) is 15.6. The molecular weight excluding hydrogens is 463 g/mol. The van der Waals surface area contributed by atoms with Gasteiger partial charge in [-0.25, -0.2) is 0 Å². The monoisotopic (exact) mass is 485 g/mol. The molecule has 1 aliphatic heterocycles. The fraction of sp³-hybridized carbons (Fsp3) is 0.545. The normalized spacial score (nSPS) is 30.0. The van der Waals surface area contributed by atoms with Gasteiger partial charge in [-0.2, -0.15) is 5.10 Å². The molecule has 3 fully saturated rings. The van der Waals surface area contributed by atoms with E-state index < -0.39 is 18.6 Å². The van der Waals surface area contributed by atoms with E-state index in [0.717, 1.165) is 24.8 Å². The Kier molecular flexibility index (Phi) is 5.37. The maximum Gasteiger partial charge on any atom is 0.522 e. The number of aliphatic hydroxyl groups excluding tert-OH is 1. The van der Waals surface area contributed by atoms with E-state index in [-0.39, 0.29) is 36.4 Å². The summed E-state index contributed by atoms with van der Waals surface area (Å²) in [5.74, 6) is 0.200. The van der Waals surface area contributed by atoms with Crippen LogP contribution in [0.2, 0.25) is 5.02 Å². The number of ether oxygens (including phenoxy) is 2. The lowest BCUT2D eigenvalue weighted by atomic mass is 9.44. The minimum absolute atomic E-state index is 0.154. The third-order valence-corrected chi connectivity index (χ3v) is 6.95. The molecule has 1 aromatic carbocycles. The van der Waals surface area contributed by atoms with Gasteiger partial charge in [-0.1, -0.05) is 11.6 Å². The maximum atomic E-state index is 12.8. The molecule has 6 rings (SSSR count). The second-order valence-electron chi connectivity index (χ2n) is 9.26. The van der Waals surface area contributed by atoms with Gasteiger partial charge in [-0.15, -0.1) is 13.2 Å². The van der Waals surface area contributed by atoms with E-state index >= 15 is 0 Å². The molecule has 0 spiro atoms. The fourth-order valence-corrected chi connectivity index (χ4v) is 5.42. The number of alkyl halides is 3. The zero-order valence-corrected chi connectivity index (χ0v) is 18.3. The van der Waals surface area contributed by atoms with Gasteiger partial charge in [0, 0.05) is 28.7 Å². The topological polar surface area (TPSA) is 85.6 Å². The molecule has 3 saturated carbocycles. The second kappa shape index (κ2) is 7.89. The van der Waals surface area contributed by atoms with Gasteiger partial charge in [-0.3, -0.25) is 14.2 Å². The number of aromatic nitrogens is 2. The van der Waals surface area contributed by atoms with Crippen molar-refractivity contribution in [3.63, 3.8) is 0 Å². The van der Waals surface area contributed by atoms with Crippen LogP contribution in [0.1, 0.15) is 49.3 Å². The van der Waals surface area contributed by atoms with E-state index in [9.17, 15) is 23.1 Å². The summed E-state index contributed by atoms with van der Waals surface area (Å²) in [6.07, 6.45) is 0.348. The third-order valence-electron chi connectivity index (χ3n) is 6.72. The van der Waals surface area contributed by atoms with E-state index in [4.69, 9.17) is 16.3 Å². The average molecular weight is 486 g/mol. The summed E-state index contributed by atoms with van der Waals surface area (Å²) in [7, 11) is 0. The number of benzene rings is 1. The van der Waals surface area contributed by atoms with Gasteiger partial charge in [0.15, 0.2) is 6.10 Å². The van der Waals surface area contributed by atoms with Crippen molar-refractivity contribution in [1.82, 2.24) is 15.1 Å². The summed E-state index contributed by atoms with van der Waals surface area (Å²) >= 11 is 5.97. The Hall–Kier alpha value is -2.30. The SMILES string of the molecule is O=C(NC12CC(n3cc(CCCOC(F)(F)F)cn3)(C1)C2)[C@H]1C[C@@H](O)c2cc(Cl)ccc2O1. The highest BCUT2D eigenvalue weighted by atomic mass is 35.5. The molecule has 178 valence electrons. The molecular formula is C22H23ClF3N3O4. The number of hydrogen-bond donors (Lipinski definition) is 2. The van der Waals surface area contributed by atoms with Crippen LogP contribution in [0.5, 0.6) is 5.75 Å². The number of hydrogen-bond acceptors (Lipinski definition) is 5. The second-order valence-corrected chi connectivity index (χ2v) is 9.69. The summed E-state index contributed by atoms with van der Waals surface area (Å²) < 4.78 is 47.6. The van der Waals surface area contributed by atoms with Crippen molar-refractivity contribution in [3.8, 4) is 5.75 Å². The van der Waals surface area contributed by atoms with Crippen LogP contribution in [0.15, 0.2) is 30.6 Å². The summed E-state index contributed by atoms with van der Waals surface area (Å²) in [6.45, 7) is -0.385. The van der Waals surface area contributed by atoms with Crippen molar-refractivity contribution in [2.75, 3.05) is 6.61 Å². The molecule has 0 saturated heterocycles. The fourth-order valence-electron chi connectivity index (χ4n) is 5.24. The summed E-state index contributed by atoms with van der Waals surface area (Å²) in [5, 5.41) is 18.4. The van der Waals surface area contributed by atoms with Crippen LogP contribution in [-0.4, -0.2) is 45.4 Å². The maximum absolute atomic E-state index is 12.8. The minimum Gasteiger partial charge on any atom is -0.480 e. The van der Waals surface area contributed by atoms with E-state index in [1.807, 2.05) is 10.9 Å². The Morgan fingerprint density at radius 2 is 2.12 bits per heavy atom. The highest BCUT2D eigenvalue weighted by molar-refractivity contribution is 6.30. The van der Waals surface area contributed by atoms with Crippen LogP contribution < -0.4 is 10.1 Å². The van der Waals surface area contributed by atoms with E-state index in [1.165, 1.54) is 0 Å². The predicted octanol–water partition coefficient (Wildman–Crippen LogP) is 3.64. The number of nitrogens with one attached hydrogen (secondary N) is 1. The Balaban J connectivity index is 1.12. The van der Waals surface area contributed by atoms with Crippen molar-refractivity contribution in [2.24, 2.45) is 0 Å². The van der Waals surface area contributed by atoms with E-state index in [1.54, 1.807) is 24.4 Å². The van der Waals surface area contributed by atoms with Gasteiger partial charge in [0.25, 0.3) is 5.91 Å². The first-order valence-corrected chi connectivity index (χ1v) is 11.2. The van der Waals surface area contributed by atoms with Gasteiger partial charge in [0.05, 0.1) is 24.4 Å². The van der Waals surface area contributed by atoms with Gasteiger partial charge in [0.1, 0.15) is 5.75 Å². The van der Waals surface area contributed by atoms with Crippen LogP contribution in [0.25, 0.3) is 0 Å². The Morgan fingerprint density at radius 3 is 2.85 bits per heavy atom. The molecule has 2 heterocycles. The van der Waals surface area contributed by atoms with E-state index in [2.05, 4.69) is 15.2 Å². The van der Waals surface area contributed by atoms with Crippen molar-refractivity contribution >= 4 is 17.5 Å². The molecule has 0 radical (unpaired) electrons. The van der Waals surface area contributed by atoms with Gasteiger partial charge >= 0.3 is 6.36 Å². The highest BCUT2D eigenvalue weighted by Gasteiger charge is 2.70. The number of carbonyl (C=O) groups excluding carboxylic acids is 1. The molecule has 7 nitrogen and oxygen atoms in total.